The molecule has 0 saturated carbocycles. The van der Waals surface area contributed by atoms with Gasteiger partial charge >= 0.3 is 0 Å². The highest BCUT2D eigenvalue weighted by molar-refractivity contribution is 5.83. The molecule has 0 aliphatic carbocycles. The summed E-state index contributed by atoms with van der Waals surface area (Å²) in [6, 6.07) is 25.6. The highest BCUT2D eigenvalue weighted by atomic mass is 16.5. The van der Waals surface area contributed by atoms with Crippen LogP contribution in [-0.4, -0.2) is 6.10 Å². The van der Waals surface area contributed by atoms with Gasteiger partial charge in [-0.25, -0.2) is 0 Å². The largest absolute Gasteiger partial charge is 0.490 e. The predicted molar refractivity (Wildman–Crippen MR) is 107 cm³/mol. The van der Waals surface area contributed by atoms with E-state index in [1.807, 2.05) is 0 Å². The molecule has 128 valence electrons. The van der Waals surface area contributed by atoms with E-state index in [-0.39, 0.29) is 6.10 Å². The van der Waals surface area contributed by atoms with Crippen molar-refractivity contribution < 1.29 is 4.74 Å². The molecule has 0 radical (unpaired) electrons. The normalized spacial score (nSPS) is 11.1. The zero-order valence-corrected chi connectivity index (χ0v) is 15.5. The van der Waals surface area contributed by atoms with Crippen LogP contribution in [0.3, 0.4) is 0 Å². The first-order chi connectivity index (χ1) is 12.1. The van der Waals surface area contributed by atoms with E-state index in [0.29, 0.717) is 5.92 Å². The van der Waals surface area contributed by atoms with Crippen LogP contribution >= 0.6 is 0 Å². The van der Waals surface area contributed by atoms with Crippen LogP contribution in [0.2, 0.25) is 0 Å². The number of hydrogen-bond donors (Lipinski definition) is 0. The fourth-order valence-corrected chi connectivity index (χ4v) is 3.01. The molecule has 0 amide bonds. The van der Waals surface area contributed by atoms with E-state index in [1.54, 1.807) is 0 Å². The van der Waals surface area contributed by atoms with Crippen LogP contribution in [0.25, 0.3) is 22.3 Å². The first-order valence-electron chi connectivity index (χ1n) is 9.01. The number of benzene rings is 3. The zero-order valence-electron chi connectivity index (χ0n) is 15.5. The summed E-state index contributed by atoms with van der Waals surface area (Å²) in [5, 5.41) is 0. The summed E-state index contributed by atoms with van der Waals surface area (Å²) in [5.41, 5.74) is 6.04. The van der Waals surface area contributed by atoms with Gasteiger partial charge in [0.25, 0.3) is 0 Å². The fraction of sp³-hybridized carbons (Fsp3) is 0.250. The molecule has 0 fully saturated rings. The molecule has 0 aromatic heterocycles. The van der Waals surface area contributed by atoms with Crippen molar-refractivity contribution in [3.63, 3.8) is 0 Å². The Kier molecular flexibility index (Phi) is 5.23. The van der Waals surface area contributed by atoms with Crippen LogP contribution in [0.15, 0.2) is 72.8 Å². The smallest absolute Gasteiger partial charge is 0.135 e. The molecule has 0 spiro atoms. The van der Waals surface area contributed by atoms with Gasteiger partial charge in [0.2, 0.25) is 0 Å². The average molecular weight is 330 g/mol. The molecule has 1 heteroatoms. The molecule has 0 N–H and O–H groups in total. The van der Waals surface area contributed by atoms with E-state index in [9.17, 15) is 0 Å². The van der Waals surface area contributed by atoms with Gasteiger partial charge < -0.3 is 4.74 Å². The van der Waals surface area contributed by atoms with E-state index < -0.39 is 0 Å². The average Bonchev–Trinajstić information content (AvgIpc) is 2.62. The quantitative estimate of drug-likeness (QED) is 0.493. The van der Waals surface area contributed by atoms with Crippen LogP contribution in [-0.2, 0) is 0 Å². The third-order valence-corrected chi connectivity index (χ3v) is 4.30. The van der Waals surface area contributed by atoms with Gasteiger partial charge in [-0.1, -0.05) is 74.5 Å². The van der Waals surface area contributed by atoms with Crippen molar-refractivity contribution in [1.82, 2.24) is 0 Å². The standard InChI is InChI=1S/C24H26O/c1-17(2)21-15-22(19-11-7-5-8-12-19)24(25-18(3)4)23(16-21)20-13-9-6-10-14-20/h5-18H,1-4H3. The third-order valence-electron chi connectivity index (χ3n) is 4.30. The topological polar surface area (TPSA) is 9.23 Å². The summed E-state index contributed by atoms with van der Waals surface area (Å²) >= 11 is 0. The molecule has 3 aromatic rings. The van der Waals surface area contributed by atoms with Gasteiger partial charge in [0.05, 0.1) is 6.10 Å². The first-order valence-corrected chi connectivity index (χ1v) is 9.01. The maximum Gasteiger partial charge on any atom is 0.135 e. The van der Waals surface area contributed by atoms with Gasteiger partial charge in [-0.15, -0.1) is 0 Å². The Morgan fingerprint density at radius 3 is 1.44 bits per heavy atom. The molecule has 3 aromatic carbocycles. The number of hydrogen-bond acceptors (Lipinski definition) is 1. The second kappa shape index (κ2) is 7.57. The maximum absolute atomic E-state index is 6.32. The maximum atomic E-state index is 6.32. The molecule has 25 heavy (non-hydrogen) atoms. The highest BCUT2D eigenvalue weighted by Crippen LogP contribution is 2.42. The minimum atomic E-state index is 0.120. The summed E-state index contributed by atoms with van der Waals surface area (Å²) < 4.78 is 6.32. The zero-order chi connectivity index (χ0) is 17.8. The van der Waals surface area contributed by atoms with E-state index >= 15 is 0 Å². The molecule has 0 aliphatic rings. The molecular formula is C24H26O. The van der Waals surface area contributed by atoms with Gasteiger partial charge in [0, 0.05) is 11.1 Å². The summed E-state index contributed by atoms with van der Waals surface area (Å²) in [6.45, 7) is 8.64. The molecule has 0 aliphatic heterocycles. The molecule has 1 nitrogen and oxygen atoms in total. The van der Waals surface area contributed by atoms with Gasteiger partial charge in [-0.2, -0.15) is 0 Å². The molecule has 3 rings (SSSR count). The SMILES string of the molecule is CC(C)Oc1c(-c2ccccc2)cc(C(C)C)cc1-c1ccccc1. The van der Waals surface area contributed by atoms with E-state index in [1.165, 1.54) is 27.8 Å². The van der Waals surface area contributed by atoms with Gasteiger partial charge in [-0.05, 0) is 48.6 Å². The Bertz CT molecular complexity index is 757. The number of ether oxygens (including phenoxy) is 1. The minimum Gasteiger partial charge on any atom is -0.490 e. The van der Waals surface area contributed by atoms with Crippen molar-refractivity contribution in [2.24, 2.45) is 0 Å². The van der Waals surface area contributed by atoms with Crippen LogP contribution in [0.5, 0.6) is 5.75 Å². The summed E-state index contributed by atoms with van der Waals surface area (Å²) in [5.74, 6) is 1.43. The van der Waals surface area contributed by atoms with Crippen molar-refractivity contribution in [2.45, 2.75) is 39.7 Å². The summed E-state index contributed by atoms with van der Waals surface area (Å²) in [4.78, 5) is 0. The molecule has 0 atom stereocenters. The second-order valence-electron chi connectivity index (χ2n) is 7.00. The monoisotopic (exact) mass is 330 g/mol. The van der Waals surface area contributed by atoms with Gasteiger partial charge in [0.15, 0.2) is 0 Å². The van der Waals surface area contributed by atoms with E-state index in [2.05, 4.69) is 100 Å². The van der Waals surface area contributed by atoms with Crippen molar-refractivity contribution in [3.05, 3.63) is 78.4 Å². The molecular weight excluding hydrogens is 304 g/mol. The molecule has 0 saturated heterocycles. The van der Waals surface area contributed by atoms with Crippen LogP contribution in [0.1, 0.15) is 39.2 Å². The highest BCUT2D eigenvalue weighted by Gasteiger charge is 2.17. The Morgan fingerprint density at radius 2 is 1.08 bits per heavy atom. The minimum absolute atomic E-state index is 0.120. The Balaban J connectivity index is 2.30. The van der Waals surface area contributed by atoms with Gasteiger partial charge in [0.1, 0.15) is 5.75 Å². The van der Waals surface area contributed by atoms with Crippen molar-refractivity contribution in [3.8, 4) is 28.0 Å². The van der Waals surface area contributed by atoms with Crippen molar-refractivity contribution in [1.29, 1.82) is 0 Å². The van der Waals surface area contributed by atoms with Gasteiger partial charge in [-0.3, -0.25) is 0 Å². The van der Waals surface area contributed by atoms with Crippen LogP contribution in [0.4, 0.5) is 0 Å². The lowest BCUT2D eigenvalue weighted by molar-refractivity contribution is 0.244. The fourth-order valence-electron chi connectivity index (χ4n) is 3.01. The first kappa shape index (κ1) is 17.3. The lowest BCUT2D eigenvalue weighted by Crippen LogP contribution is -2.08. The lowest BCUT2D eigenvalue weighted by Gasteiger charge is -2.21. The Labute approximate surface area is 151 Å². The number of rotatable bonds is 5. The van der Waals surface area contributed by atoms with E-state index in [4.69, 9.17) is 4.74 Å². The predicted octanol–water partition coefficient (Wildman–Crippen LogP) is 6.93. The van der Waals surface area contributed by atoms with Crippen molar-refractivity contribution >= 4 is 0 Å². The summed E-state index contributed by atoms with van der Waals surface area (Å²) in [6.07, 6.45) is 0.120. The Morgan fingerprint density at radius 1 is 0.640 bits per heavy atom. The lowest BCUT2D eigenvalue weighted by atomic mass is 9.90. The third kappa shape index (κ3) is 3.93. The van der Waals surface area contributed by atoms with Crippen molar-refractivity contribution in [2.75, 3.05) is 0 Å². The Hall–Kier alpha value is -2.54. The summed E-state index contributed by atoms with van der Waals surface area (Å²) in [7, 11) is 0. The molecule has 0 heterocycles. The van der Waals surface area contributed by atoms with E-state index in [0.717, 1.165) is 5.75 Å². The molecule has 0 unspecified atom stereocenters. The second-order valence-corrected chi connectivity index (χ2v) is 7.00. The van der Waals surface area contributed by atoms with Crippen LogP contribution in [0, 0.1) is 0 Å². The van der Waals surface area contributed by atoms with Crippen LogP contribution < -0.4 is 4.74 Å². The molecule has 0 bridgehead atoms.